The van der Waals surface area contributed by atoms with Crippen LogP contribution in [0.2, 0.25) is 0 Å². The number of pyridine rings is 1. The highest BCUT2D eigenvalue weighted by atomic mass is 32.2. The molecular weight excluding hydrogens is 334 g/mol. The highest BCUT2D eigenvalue weighted by Crippen LogP contribution is 2.27. The Hall–Kier alpha value is -2.52. The number of thioether (sulfide) groups is 1. The maximum atomic E-state index is 5.61. The molecule has 0 fully saturated rings. The number of hydrogen-bond donors (Lipinski definition) is 0. The molecule has 9 heteroatoms. The molecule has 0 atom stereocenters. The summed E-state index contributed by atoms with van der Waals surface area (Å²) < 4.78 is 11.2. The van der Waals surface area contributed by atoms with Gasteiger partial charge in [0.05, 0.1) is 16.2 Å². The first-order chi connectivity index (χ1) is 11.4. The van der Waals surface area contributed by atoms with Gasteiger partial charge >= 0.3 is 0 Å². The minimum absolute atomic E-state index is 0.436. The van der Waals surface area contributed by atoms with Gasteiger partial charge in [0.1, 0.15) is 0 Å². The van der Waals surface area contributed by atoms with Crippen molar-refractivity contribution in [3.63, 3.8) is 0 Å². The topological polar surface area (TPSA) is 90.7 Å². The third kappa shape index (κ3) is 3.15. The van der Waals surface area contributed by atoms with E-state index >= 15 is 0 Å². The van der Waals surface area contributed by atoms with Crippen LogP contribution in [0.3, 0.4) is 0 Å². The fraction of sp³-hybridized carbons (Fsp3) is 0.0714. The maximum absolute atomic E-state index is 5.61. The van der Waals surface area contributed by atoms with E-state index in [4.69, 9.17) is 8.83 Å². The second kappa shape index (κ2) is 6.31. The Balaban J connectivity index is 1.43. The molecule has 114 valence electrons. The van der Waals surface area contributed by atoms with Crippen molar-refractivity contribution in [3.05, 3.63) is 47.9 Å². The summed E-state index contributed by atoms with van der Waals surface area (Å²) in [5.41, 5.74) is 0.782. The first-order valence-electron chi connectivity index (χ1n) is 6.61. The molecule has 0 saturated heterocycles. The first-order valence-corrected chi connectivity index (χ1v) is 8.48. The maximum Gasteiger partial charge on any atom is 0.277 e. The van der Waals surface area contributed by atoms with E-state index in [2.05, 4.69) is 25.4 Å². The molecule has 0 spiro atoms. The number of nitrogens with zero attached hydrogens (tertiary/aromatic N) is 5. The van der Waals surface area contributed by atoms with Gasteiger partial charge in [-0.2, -0.15) is 0 Å². The van der Waals surface area contributed by atoms with E-state index in [-0.39, 0.29) is 0 Å². The van der Waals surface area contributed by atoms with E-state index in [0.29, 0.717) is 28.6 Å². The van der Waals surface area contributed by atoms with Gasteiger partial charge in [-0.1, -0.05) is 17.8 Å². The van der Waals surface area contributed by atoms with Gasteiger partial charge in [0, 0.05) is 12.4 Å². The summed E-state index contributed by atoms with van der Waals surface area (Å²) in [6.45, 7) is 0. The fourth-order valence-corrected chi connectivity index (χ4v) is 3.05. The molecule has 0 unspecified atom stereocenters. The number of aromatic nitrogens is 5. The van der Waals surface area contributed by atoms with Gasteiger partial charge < -0.3 is 8.83 Å². The van der Waals surface area contributed by atoms with E-state index in [1.807, 2.05) is 29.6 Å². The summed E-state index contributed by atoms with van der Waals surface area (Å²) >= 11 is 2.90. The van der Waals surface area contributed by atoms with E-state index in [9.17, 15) is 0 Å². The van der Waals surface area contributed by atoms with E-state index in [1.54, 1.807) is 23.7 Å². The largest absolute Gasteiger partial charge is 0.419 e. The van der Waals surface area contributed by atoms with Crippen molar-refractivity contribution in [2.24, 2.45) is 0 Å². The zero-order valence-corrected chi connectivity index (χ0v) is 13.3. The molecule has 4 heterocycles. The van der Waals surface area contributed by atoms with Gasteiger partial charge in [-0.15, -0.1) is 31.7 Å². The van der Waals surface area contributed by atoms with Crippen molar-refractivity contribution in [1.82, 2.24) is 25.4 Å². The van der Waals surface area contributed by atoms with Gasteiger partial charge in [-0.25, -0.2) is 0 Å². The Labute approximate surface area is 138 Å². The van der Waals surface area contributed by atoms with Crippen LogP contribution in [-0.4, -0.2) is 25.4 Å². The summed E-state index contributed by atoms with van der Waals surface area (Å²) in [4.78, 5) is 4.97. The second-order valence-corrected chi connectivity index (χ2v) is 6.26. The molecule has 0 aromatic carbocycles. The summed E-state index contributed by atoms with van der Waals surface area (Å²) in [7, 11) is 0. The normalized spacial score (nSPS) is 11.0. The molecule has 0 radical (unpaired) electrons. The Morgan fingerprint density at radius 2 is 1.96 bits per heavy atom. The van der Waals surface area contributed by atoms with Gasteiger partial charge in [-0.3, -0.25) is 4.98 Å². The fourth-order valence-electron chi connectivity index (χ4n) is 1.81. The van der Waals surface area contributed by atoms with Crippen LogP contribution in [0.4, 0.5) is 0 Å². The summed E-state index contributed by atoms with van der Waals surface area (Å²) in [6.07, 6.45) is 3.36. The Morgan fingerprint density at radius 3 is 2.78 bits per heavy atom. The van der Waals surface area contributed by atoms with Crippen LogP contribution >= 0.6 is 23.1 Å². The second-order valence-electron chi connectivity index (χ2n) is 4.38. The SMILES string of the molecule is c1cncc(-c2nnc(SCc3nnc(-c4cccs4)o3)o2)c1. The van der Waals surface area contributed by atoms with Gasteiger partial charge in [0.15, 0.2) is 0 Å². The molecule has 0 amide bonds. The molecule has 4 aromatic rings. The van der Waals surface area contributed by atoms with Crippen molar-refractivity contribution in [3.8, 4) is 22.2 Å². The molecule has 0 aliphatic carbocycles. The lowest BCUT2D eigenvalue weighted by molar-refractivity contribution is 0.464. The predicted octanol–water partition coefficient (Wildman–Crippen LogP) is 3.54. The molecular formula is C14H9N5O2S2. The molecule has 7 nitrogen and oxygen atoms in total. The predicted molar refractivity (Wildman–Crippen MR) is 84.7 cm³/mol. The molecule has 4 rings (SSSR count). The number of hydrogen-bond acceptors (Lipinski definition) is 9. The standard InChI is InChI=1S/C14H9N5O2S2/c1-3-9(7-15-5-1)12-17-19-14(21-12)23-8-11-16-18-13(20-11)10-4-2-6-22-10/h1-7H,8H2. The molecule has 4 aromatic heterocycles. The highest BCUT2D eigenvalue weighted by molar-refractivity contribution is 7.98. The smallest absolute Gasteiger partial charge is 0.277 e. The van der Waals surface area contributed by atoms with E-state index < -0.39 is 0 Å². The Kier molecular flexibility index (Phi) is 3.86. The number of thiophene rings is 1. The molecule has 0 bridgehead atoms. The van der Waals surface area contributed by atoms with Crippen LogP contribution in [0.15, 0.2) is 56.1 Å². The third-order valence-electron chi connectivity index (χ3n) is 2.83. The molecule has 0 aliphatic rings. The highest BCUT2D eigenvalue weighted by Gasteiger charge is 2.13. The average molecular weight is 343 g/mol. The Morgan fingerprint density at radius 1 is 1.00 bits per heavy atom. The minimum Gasteiger partial charge on any atom is -0.419 e. The van der Waals surface area contributed by atoms with Crippen molar-refractivity contribution in [1.29, 1.82) is 0 Å². The molecule has 0 saturated carbocycles. The van der Waals surface area contributed by atoms with E-state index in [1.165, 1.54) is 11.8 Å². The monoisotopic (exact) mass is 343 g/mol. The Bertz CT molecular complexity index is 889. The third-order valence-corrected chi connectivity index (χ3v) is 4.49. The molecule has 0 aliphatic heterocycles. The van der Waals surface area contributed by atoms with Crippen LogP contribution in [0.5, 0.6) is 0 Å². The van der Waals surface area contributed by atoms with E-state index in [0.717, 1.165) is 10.4 Å². The van der Waals surface area contributed by atoms with Crippen LogP contribution in [-0.2, 0) is 5.75 Å². The number of rotatable bonds is 5. The van der Waals surface area contributed by atoms with Crippen molar-refractivity contribution >= 4 is 23.1 Å². The summed E-state index contributed by atoms with van der Waals surface area (Å²) in [6, 6.07) is 7.56. The minimum atomic E-state index is 0.436. The first kappa shape index (κ1) is 14.1. The average Bonchev–Trinajstić information content (AvgIpc) is 3.33. The lowest BCUT2D eigenvalue weighted by atomic mass is 10.3. The molecule has 0 N–H and O–H groups in total. The lowest BCUT2D eigenvalue weighted by Crippen LogP contribution is -1.80. The van der Waals surface area contributed by atoms with Crippen LogP contribution in [0, 0.1) is 0 Å². The summed E-state index contributed by atoms with van der Waals surface area (Å²) in [5, 5.41) is 18.5. The van der Waals surface area contributed by atoms with Crippen molar-refractivity contribution < 1.29 is 8.83 Å². The van der Waals surface area contributed by atoms with Crippen LogP contribution in [0.25, 0.3) is 22.2 Å². The summed E-state index contributed by atoms with van der Waals surface area (Å²) in [5.74, 6) is 1.94. The van der Waals surface area contributed by atoms with Gasteiger partial charge in [0.25, 0.3) is 11.1 Å². The molecule has 23 heavy (non-hydrogen) atoms. The van der Waals surface area contributed by atoms with Gasteiger partial charge in [-0.05, 0) is 23.6 Å². The van der Waals surface area contributed by atoms with Crippen LogP contribution in [0.1, 0.15) is 5.89 Å². The lowest BCUT2D eigenvalue weighted by Gasteiger charge is -1.92. The zero-order chi connectivity index (χ0) is 15.5. The van der Waals surface area contributed by atoms with Crippen molar-refractivity contribution in [2.45, 2.75) is 11.0 Å². The van der Waals surface area contributed by atoms with Gasteiger partial charge in [0.2, 0.25) is 11.8 Å². The van der Waals surface area contributed by atoms with Crippen molar-refractivity contribution in [2.75, 3.05) is 0 Å². The van der Waals surface area contributed by atoms with Crippen LogP contribution < -0.4 is 0 Å². The quantitative estimate of drug-likeness (QED) is 0.508. The zero-order valence-electron chi connectivity index (χ0n) is 11.6.